The van der Waals surface area contributed by atoms with Crippen LogP contribution in [0.1, 0.15) is 12.8 Å². The molecule has 0 spiro atoms. The molecule has 2 heterocycles. The monoisotopic (exact) mass is 254 g/mol. The van der Waals surface area contributed by atoms with Crippen LogP contribution in [0, 0.1) is 0 Å². The van der Waals surface area contributed by atoms with Gasteiger partial charge in [0.25, 0.3) is 0 Å². The van der Waals surface area contributed by atoms with Gasteiger partial charge >= 0.3 is 6.09 Å². The first-order chi connectivity index (χ1) is 8.63. The molecule has 0 aromatic heterocycles. The third-order valence-corrected chi connectivity index (χ3v) is 3.40. The minimum absolute atomic E-state index is 0.0471. The van der Waals surface area contributed by atoms with Gasteiger partial charge in [-0.25, -0.2) is 4.79 Å². The van der Waals surface area contributed by atoms with Crippen LogP contribution in [-0.4, -0.2) is 65.8 Å². The molecule has 6 nitrogen and oxygen atoms in total. The number of hydrogen-bond donors (Lipinski definition) is 1. The maximum Gasteiger partial charge on any atom is 0.410 e. The Bertz CT molecular complexity index is 369. The maximum absolute atomic E-state index is 12.0. The van der Waals surface area contributed by atoms with E-state index in [1.807, 2.05) is 0 Å². The van der Waals surface area contributed by atoms with Gasteiger partial charge in [-0.1, -0.05) is 6.58 Å². The first-order valence-electron chi connectivity index (χ1n) is 6.14. The van der Waals surface area contributed by atoms with Gasteiger partial charge in [-0.3, -0.25) is 4.79 Å². The molecule has 2 fully saturated rings. The lowest BCUT2D eigenvalue weighted by Gasteiger charge is -2.43. The van der Waals surface area contributed by atoms with Crippen molar-refractivity contribution >= 4 is 12.0 Å². The Balaban J connectivity index is 1.96. The van der Waals surface area contributed by atoms with Crippen molar-refractivity contribution in [2.24, 2.45) is 0 Å². The minimum Gasteiger partial charge on any atom is -0.449 e. The molecule has 0 radical (unpaired) electrons. The second-order valence-corrected chi connectivity index (χ2v) is 4.58. The van der Waals surface area contributed by atoms with E-state index >= 15 is 0 Å². The molecule has 1 unspecified atom stereocenters. The number of carbonyl (C=O) groups is 2. The van der Waals surface area contributed by atoms with Crippen molar-refractivity contribution in [2.45, 2.75) is 18.9 Å². The number of hydrogen-bond acceptors (Lipinski definition) is 4. The van der Waals surface area contributed by atoms with Gasteiger partial charge in [0.15, 0.2) is 0 Å². The zero-order chi connectivity index (χ0) is 13.1. The first-order valence-corrected chi connectivity index (χ1v) is 6.14. The molecule has 2 amide bonds. The van der Waals surface area contributed by atoms with Gasteiger partial charge in [0.05, 0.1) is 12.6 Å². The van der Waals surface area contributed by atoms with Crippen LogP contribution in [0.15, 0.2) is 12.2 Å². The molecule has 1 atom stereocenters. The van der Waals surface area contributed by atoms with Crippen molar-refractivity contribution in [3.63, 3.8) is 0 Å². The number of ether oxygens (including phenoxy) is 1. The molecule has 2 aliphatic heterocycles. The summed E-state index contributed by atoms with van der Waals surface area (Å²) in [5, 5.41) is 8.81. The largest absolute Gasteiger partial charge is 0.449 e. The van der Waals surface area contributed by atoms with Crippen molar-refractivity contribution in [3.05, 3.63) is 12.2 Å². The molecular formula is C12H18N2O4. The molecule has 1 N–H and O–H groups in total. The van der Waals surface area contributed by atoms with E-state index in [4.69, 9.17) is 9.84 Å². The molecule has 0 aromatic rings. The van der Waals surface area contributed by atoms with Crippen LogP contribution in [0.2, 0.25) is 0 Å². The van der Waals surface area contributed by atoms with E-state index in [0.29, 0.717) is 38.2 Å². The predicted molar refractivity (Wildman–Crippen MR) is 63.9 cm³/mol. The zero-order valence-corrected chi connectivity index (χ0v) is 10.3. The summed E-state index contributed by atoms with van der Waals surface area (Å²) in [6.07, 6.45) is 0.765. The van der Waals surface area contributed by atoms with Gasteiger partial charge in [-0.2, -0.15) is 0 Å². The standard InChI is InChI=1S/C12H18N2O4/c1-9(2-6-15)11(16)13-4-5-14-10(8-13)3-7-18-12(14)17/h10,15H,1-8H2. The number of fused-ring (bicyclic) bond motifs is 1. The van der Waals surface area contributed by atoms with E-state index in [9.17, 15) is 9.59 Å². The Kier molecular flexibility index (Phi) is 3.86. The van der Waals surface area contributed by atoms with Gasteiger partial charge in [0.2, 0.25) is 5.91 Å². The molecule has 0 saturated carbocycles. The van der Waals surface area contributed by atoms with Crippen molar-refractivity contribution < 1.29 is 19.4 Å². The second-order valence-electron chi connectivity index (χ2n) is 4.58. The summed E-state index contributed by atoms with van der Waals surface area (Å²) >= 11 is 0. The Morgan fingerprint density at radius 1 is 1.50 bits per heavy atom. The van der Waals surface area contributed by atoms with Gasteiger partial charge in [-0.05, 0) is 0 Å². The number of rotatable bonds is 3. The van der Waals surface area contributed by atoms with Crippen LogP contribution in [-0.2, 0) is 9.53 Å². The van der Waals surface area contributed by atoms with Crippen LogP contribution >= 0.6 is 0 Å². The Morgan fingerprint density at radius 3 is 3.00 bits per heavy atom. The van der Waals surface area contributed by atoms with E-state index < -0.39 is 0 Å². The van der Waals surface area contributed by atoms with Gasteiger partial charge in [0, 0.05) is 44.7 Å². The molecular weight excluding hydrogens is 236 g/mol. The van der Waals surface area contributed by atoms with Crippen molar-refractivity contribution in [2.75, 3.05) is 32.8 Å². The highest BCUT2D eigenvalue weighted by Gasteiger charge is 2.36. The Morgan fingerprint density at radius 2 is 2.28 bits per heavy atom. The zero-order valence-electron chi connectivity index (χ0n) is 10.3. The van der Waals surface area contributed by atoms with Crippen molar-refractivity contribution in [1.29, 1.82) is 0 Å². The van der Waals surface area contributed by atoms with Gasteiger partial charge in [0.1, 0.15) is 0 Å². The first kappa shape index (κ1) is 12.9. The SMILES string of the molecule is C=C(CCO)C(=O)N1CCN2C(=O)OCCC2C1. The number of nitrogens with zero attached hydrogens (tertiary/aromatic N) is 2. The Labute approximate surface area is 106 Å². The third-order valence-electron chi connectivity index (χ3n) is 3.40. The smallest absolute Gasteiger partial charge is 0.410 e. The van der Waals surface area contributed by atoms with E-state index in [2.05, 4.69) is 6.58 Å². The van der Waals surface area contributed by atoms with E-state index in [1.54, 1.807) is 9.80 Å². The molecule has 18 heavy (non-hydrogen) atoms. The molecule has 2 saturated heterocycles. The molecule has 100 valence electrons. The number of cyclic esters (lactones) is 1. The number of carbonyl (C=O) groups excluding carboxylic acids is 2. The van der Waals surface area contributed by atoms with Gasteiger partial charge in [-0.15, -0.1) is 0 Å². The quantitative estimate of drug-likeness (QED) is 0.718. The van der Waals surface area contributed by atoms with Gasteiger partial charge < -0.3 is 19.6 Å². The lowest BCUT2D eigenvalue weighted by molar-refractivity contribution is -0.130. The molecule has 2 rings (SSSR count). The summed E-state index contributed by atoms with van der Waals surface area (Å²) in [4.78, 5) is 26.9. The summed E-state index contributed by atoms with van der Waals surface area (Å²) in [6, 6.07) is 0.0471. The fourth-order valence-corrected chi connectivity index (χ4v) is 2.36. The van der Waals surface area contributed by atoms with E-state index in [0.717, 1.165) is 6.42 Å². The van der Waals surface area contributed by atoms with Crippen LogP contribution in [0.25, 0.3) is 0 Å². The number of aliphatic hydroxyl groups excluding tert-OH is 1. The number of amides is 2. The maximum atomic E-state index is 12.0. The van der Waals surface area contributed by atoms with Crippen LogP contribution < -0.4 is 0 Å². The molecule has 0 bridgehead atoms. The lowest BCUT2D eigenvalue weighted by Crippen LogP contribution is -2.59. The average Bonchev–Trinajstić information content (AvgIpc) is 2.38. The van der Waals surface area contributed by atoms with E-state index in [1.165, 1.54) is 0 Å². The average molecular weight is 254 g/mol. The third kappa shape index (κ3) is 2.48. The van der Waals surface area contributed by atoms with Crippen LogP contribution in [0.3, 0.4) is 0 Å². The molecule has 2 aliphatic rings. The second kappa shape index (κ2) is 5.39. The van der Waals surface area contributed by atoms with E-state index in [-0.39, 0.29) is 24.6 Å². The predicted octanol–water partition coefficient (Wildman–Crippen LogP) is -0.0219. The number of piperazine rings is 1. The van der Waals surface area contributed by atoms with Crippen molar-refractivity contribution in [1.82, 2.24) is 9.80 Å². The number of aliphatic hydroxyl groups is 1. The summed E-state index contributed by atoms with van der Waals surface area (Å²) < 4.78 is 4.96. The van der Waals surface area contributed by atoms with Crippen LogP contribution in [0.5, 0.6) is 0 Å². The van der Waals surface area contributed by atoms with Crippen LogP contribution in [0.4, 0.5) is 4.79 Å². The van der Waals surface area contributed by atoms with Crippen molar-refractivity contribution in [3.8, 4) is 0 Å². The fourth-order valence-electron chi connectivity index (χ4n) is 2.36. The summed E-state index contributed by atoms with van der Waals surface area (Å²) in [7, 11) is 0. The minimum atomic E-state index is -0.285. The topological polar surface area (TPSA) is 70.1 Å². The lowest BCUT2D eigenvalue weighted by atomic mass is 10.1. The Hall–Kier alpha value is -1.56. The molecule has 0 aromatic carbocycles. The molecule has 6 heteroatoms. The normalized spacial score (nSPS) is 23.4. The summed E-state index contributed by atoms with van der Waals surface area (Å²) in [5.41, 5.74) is 0.421. The summed E-state index contributed by atoms with van der Waals surface area (Å²) in [6.45, 7) is 5.55. The fraction of sp³-hybridized carbons (Fsp3) is 0.667. The highest BCUT2D eigenvalue weighted by molar-refractivity contribution is 5.93. The highest BCUT2D eigenvalue weighted by atomic mass is 16.6. The summed E-state index contributed by atoms with van der Waals surface area (Å²) in [5.74, 6) is -0.123. The molecule has 0 aliphatic carbocycles. The highest BCUT2D eigenvalue weighted by Crippen LogP contribution is 2.20.